The van der Waals surface area contributed by atoms with E-state index in [0.29, 0.717) is 30.5 Å². The molecular weight excluding hydrogens is 430 g/mol. The van der Waals surface area contributed by atoms with Gasteiger partial charge in [0.1, 0.15) is 0 Å². The van der Waals surface area contributed by atoms with Crippen LogP contribution in [0.25, 0.3) is 17.0 Å². The molecule has 2 atom stereocenters. The number of aryl methyl sites for hydroxylation is 1. The van der Waals surface area contributed by atoms with Crippen molar-refractivity contribution >= 4 is 38.6 Å². The molecule has 0 saturated carbocycles. The Kier molecular flexibility index (Phi) is 5.40. The van der Waals surface area contributed by atoms with Crippen molar-refractivity contribution in [2.24, 2.45) is 5.92 Å². The van der Waals surface area contributed by atoms with Crippen LogP contribution < -0.4 is 0 Å². The molecule has 1 saturated heterocycles. The number of aromatic nitrogens is 2. The van der Waals surface area contributed by atoms with E-state index in [1.165, 1.54) is 11.1 Å². The zero-order valence-corrected chi connectivity index (χ0v) is 19.1. The van der Waals surface area contributed by atoms with Crippen LogP contribution in [-0.2, 0) is 22.9 Å². The minimum atomic E-state index is -3.34. The molecule has 2 aliphatic rings. The summed E-state index contributed by atoms with van der Waals surface area (Å²) >= 11 is 5.94. The number of piperidine rings is 1. The Labute approximate surface area is 188 Å². The van der Waals surface area contributed by atoms with Crippen LogP contribution in [0.1, 0.15) is 36.2 Å². The monoisotopic (exact) mass is 455 g/mol. The predicted octanol–water partition coefficient (Wildman–Crippen LogP) is 4.71. The van der Waals surface area contributed by atoms with Crippen molar-refractivity contribution in [3.8, 4) is 0 Å². The lowest BCUT2D eigenvalue weighted by molar-refractivity contribution is 0.204. The topological polar surface area (TPSA) is 55.2 Å². The Morgan fingerprint density at radius 1 is 1.19 bits per heavy atom. The van der Waals surface area contributed by atoms with E-state index < -0.39 is 10.0 Å². The number of allylic oxidation sites excluding steroid dienone is 1. The van der Waals surface area contributed by atoms with E-state index in [9.17, 15) is 8.42 Å². The predicted molar refractivity (Wildman–Crippen MR) is 126 cm³/mol. The van der Waals surface area contributed by atoms with Gasteiger partial charge in [0.25, 0.3) is 0 Å². The lowest BCUT2D eigenvalue weighted by atomic mass is 9.94. The fourth-order valence-corrected chi connectivity index (χ4v) is 6.42. The summed E-state index contributed by atoms with van der Waals surface area (Å²) in [7, 11) is -3.34. The molecule has 2 aromatic heterocycles. The number of sulfonamides is 1. The summed E-state index contributed by atoms with van der Waals surface area (Å²) in [6.07, 6.45) is 10.5. The van der Waals surface area contributed by atoms with Crippen molar-refractivity contribution in [3.63, 3.8) is 0 Å². The van der Waals surface area contributed by atoms with Gasteiger partial charge in [0.2, 0.25) is 10.0 Å². The maximum atomic E-state index is 13.2. The van der Waals surface area contributed by atoms with Crippen LogP contribution >= 0.6 is 11.6 Å². The van der Waals surface area contributed by atoms with Gasteiger partial charge in [0, 0.05) is 47.9 Å². The van der Waals surface area contributed by atoms with E-state index in [1.54, 1.807) is 16.4 Å². The lowest BCUT2D eigenvalue weighted by Crippen LogP contribution is -2.44. The van der Waals surface area contributed by atoms with Crippen molar-refractivity contribution < 1.29 is 8.42 Å². The molecule has 1 aromatic carbocycles. The van der Waals surface area contributed by atoms with Gasteiger partial charge in [-0.15, -0.1) is 0 Å². The Morgan fingerprint density at radius 2 is 2.00 bits per heavy atom. The van der Waals surface area contributed by atoms with Crippen LogP contribution in [0.15, 0.2) is 48.8 Å². The number of halogens is 1. The van der Waals surface area contributed by atoms with Crippen molar-refractivity contribution in [3.05, 3.63) is 70.6 Å². The quantitative estimate of drug-likeness (QED) is 0.559. The zero-order valence-electron chi connectivity index (χ0n) is 17.5. The van der Waals surface area contributed by atoms with Gasteiger partial charge in [-0.05, 0) is 42.5 Å². The third-order valence-electron chi connectivity index (χ3n) is 6.66. The molecule has 7 heteroatoms. The molecule has 0 unspecified atom stereocenters. The van der Waals surface area contributed by atoms with Crippen molar-refractivity contribution in [1.82, 2.24) is 13.9 Å². The third-order valence-corrected chi connectivity index (χ3v) is 8.75. The Bertz CT molecular complexity index is 1250. The van der Waals surface area contributed by atoms with E-state index in [1.807, 2.05) is 18.3 Å². The molecule has 0 radical (unpaired) electrons. The van der Waals surface area contributed by atoms with Crippen molar-refractivity contribution in [1.29, 1.82) is 0 Å². The second-order valence-electron chi connectivity index (χ2n) is 8.64. The molecule has 3 heterocycles. The van der Waals surface area contributed by atoms with Gasteiger partial charge in [-0.1, -0.05) is 42.8 Å². The fraction of sp³-hybridized carbons (Fsp3) is 0.375. The van der Waals surface area contributed by atoms with E-state index in [0.717, 1.165) is 29.5 Å². The fourth-order valence-electron chi connectivity index (χ4n) is 4.78. The summed E-state index contributed by atoms with van der Waals surface area (Å²) in [5, 5.41) is 1.77. The first-order valence-corrected chi connectivity index (χ1v) is 12.8. The van der Waals surface area contributed by atoms with Gasteiger partial charge in [-0.25, -0.2) is 8.42 Å². The number of hydrogen-bond acceptors (Lipinski definition) is 3. The van der Waals surface area contributed by atoms with Crippen LogP contribution in [-0.4, -0.2) is 41.1 Å². The molecule has 5 nitrogen and oxygen atoms in total. The smallest absolute Gasteiger partial charge is 0.214 e. The molecule has 0 N–H and O–H groups in total. The summed E-state index contributed by atoms with van der Waals surface area (Å²) in [5.41, 5.74) is 4.44. The molecule has 1 aliphatic heterocycles. The average molecular weight is 456 g/mol. The third kappa shape index (κ3) is 3.93. The molecule has 3 aromatic rings. The largest absolute Gasteiger partial charge is 0.342 e. The maximum Gasteiger partial charge on any atom is 0.214 e. The van der Waals surface area contributed by atoms with Crippen LogP contribution in [0.3, 0.4) is 0 Å². The summed E-state index contributed by atoms with van der Waals surface area (Å²) < 4.78 is 30.3. The molecular formula is C24H26ClN3O2S. The van der Waals surface area contributed by atoms with E-state index in [2.05, 4.69) is 40.9 Å². The highest BCUT2D eigenvalue weighted by atomic mass is 35.5. The second-order valence-corrected chi connectivity index (χ2v) is 11.2. The van der Waals surface area contributed by atoms with Gasteiger partial charge in [-0.2, -0.15) is 4.31 Å². The summed E-state index contributed by atoms with van der Waals surface area (Å²) in [4.78, 5) is 4.59. The Hall–Kier alpha value is -2.15. The minimum Gasteiger partial charge on any atom is -0.342 e. The van der Waals surface area contributed by atoms with E-state index in [-0.39, 0.29) is 11.8 Å². The van der Waals surface area contributed by atoms with Crippen LogP contribution in [0.2, 0.25) is 5.02 Å². The average Bonchev–Trinajstić information content (AvgIpc) is 3.40. The number of hydrogen-bond donors (Lipinski definition) is 0. The van der Waals surface area contributed by atoms with E-state index in [4.69, 9.17) is 11.6 Å². The van der Waals surface area contributed by atoms with Crippen molar-refractivity contribution in [2.45, 2.75) is 32.2 Å². The number of pyridine rings is 1. The highest BCUT2D eigenvalue weighted by Gasteiger charge is 2.34. The molecule has 1 fully saturated rings. The number of nitrogens with zero attached hydrogens (tertiary/aromatic N) is 3. The summed E-state index contributed by atoms with van der Waals surface area (Å²) in [6.45, 7) is 3.32. The number of fused-ring (bicyclic) bond motifs is 3. The Balaban J connectivity index is 1.39. The maximum absolute atomic E-state index is 13.2. The van der Waals surface area contributed by atoms with Crippen molar-refractivity contribution in [2.75, 3.05) is 18.8 Å². The first-order chi connectivity index (χ1) is 14.9. The standard InChI is InChI=1S/C24H26ClN3O2S/c1-17-9-12-27(31(29,30)14-11-18-5-7-20(25)8-6-18)16-23(17)28-13-10-19-15-26-22-4-2-3-21(22)24(19)28/h2-3,5-8,10,13,15,17,23H,4,9,11-12,14,16H2,1H3/t17-,23+/m1/s1. The van der Waals surface area contributed by atoms with Crippen LogP contribution in [0.5, 0.6) is 0 Å². The highest BCUT2D eigenvalue weighted by Crippen LogP contribution is 2.35. The highest BCUT2D eigenvalue weighted by molar-refractivity contribution is 7.89. The first-order valence-electron chi connectivity index (χ1n) is 10.8. The molecule has 0 spiro atoms. The molecule has 1 aliphatic carbocycles. The molecule has 162 valence electrons. The number of rotatable bonds is 5. The van der Waals surface area contributed by atoms with Gasteiger partial charge in [0.05, 0.1) is 23.0 Å². The van der Waals surface area contributed by atoms with E-state index >= 15 is 0 Å². The van der Waals surface area contributed by atoms with Gasteiger partial charge >= 0.3 is 0 Å². The molecule has 0 amide bonds. The van der Waals surface area contributed by atoms with Crippen LogP contribution in [0.4, 0.5) is 0 Å². The normalized spacial score (nSPS) is 21.6. The van der Waals surface area contributed by atoms with Gasteiger partial charge in [0.15, 0.2) is 0 Å². The molecule has 5 rings (SSSR count). The SMILES string of the molecule is C[C@@H]1CCN(S(=O)(=O)CCc2ccc(Cl)cc2)C[C@@H]1n1ccc2cnc3c(c21)C=CC3. The minimum absolute atomic E-state index is 0.108. The zero-order chi connectivity index (χ0) is 21.6. The first kappa shape index (κ1) is 20.7. The lowest BCUT2D eigenvalue weighted by Gasteiger charge is -2.37. The van der Waals surface area contributed by atoms with Gasteiger partial charge in [-0.3, -0.25) is 4.98 Å². The van der Waals surface area contributed by atoms with Crippen LogP contribution in [0, 0.1) is 5.92 Å². The number of benzene rings is 1. The molecule has 0 bridgehead atoms. The molecule has 31 heavy (non-hydrogen) atoms. The second kappa shape index (κ2) is 8.08. The van der Waals surface area contributed by atoms with Gasteiger partial charge < -0.3 is 4.57 Å². The Morgan fingerprint density at radius 3 is 2.81 bits per heavy atom. The summed E-state index contributed by atoms with van der Waals surface area (Å²) in [5.74, 6) is 0.511. The summed E-state index contributed by atoms with van der Waals surface area (Å²) in [6, 6.07) is 9.61.